The maximum absolute atomic E-state index is 9.46. The summed E-state index contributed by atoms with van der Waals surface area (Å²) in [6.45, 7) is 7.33. The summed E-state index contributed by atoms with van der Waals surface area (Å²) in [5, 5.41) is 9.46. The van der Waals surface area contributed by atoms with E-state index in [0.717, 1.165) is 22.7 Å². The van der Waals surface area contributed by atoms with Crippen molar-refractivity contribution in [1.29, 1.82) is 0 Å². The summed E-state index contributed by atoms with van der Waals surface area (Å²) in [7, 11) is 1.98. The smallest absolute Gasteiger partial charge is 0.163 e. The zero-order chi connectivity index (χ0) is 13.3. The first kappa shape index (κ1) is 13.0. The predicted octanol–water partition coefficient (Wildman–Crippen LogP) is 1.97. The number of nitrogens with zero attached hydrogens (tertiary/aromatic N) is 1. The minimum absolute atomic E-state index is 0.0946. The molecule has 0 unspecified atom stereocenters. The topological polar surface area (TPSA) is 41.9 Å². The van der Waals surface area contributed by atoms with E-state index in [1.54, 1.807) is 0 Å². The van der Waals surface area contributed by atoms with E-state index in [9.17, 15) is 5.11 Å². The molecule has 1 aliphatic heterocycles. The number of hydrogen-bond donors (Lipinski definition) is 1. The number of likely N-dealkylation sites (N-methyl/N-ethyl adjacent to an activating group) is 1. The zero-order valence-corrected chi connectivity index (χ0v) is 11.5. The minimum Gasteiger partial charge on any atom is -0.486 e. The summed E-state index contributed by atoms with van der Waals surface area (Å²) in [5.41, 5.74) is 1.86. The van der Waals surface area contributed by atoms with Gasteiger partial charge in [-0.25, -0.2) is 0 Å². The molecule has 0 radical (unpaired) electrons. The van der Waals surface area contributed by atoms with Crippen LogP contribution in [0.4, 0.5) is 5.69 Å². The third-order valence-corrected chi connectivity index (χ3v) is 3.52. The van der Waals surface area contributed by atoms with E-state index in [2.05, 4.69) is 4.90 Å². The molecule has 0 atom stereocenters. The Labute approximate surface area is 108 Å². The van der Waals surface area contributed by atoms with E-state index in [1.807, 2.05) is 40.0 Å². The van der Waals surface area contributed by atoms with Crippen LogP contribution in [0.15, 0.2) is 12.1 Å². The lowest BCUT2D eigenvalue weighted by Crippen LogP contribution is -2.44. The van der Waals surface area contributed by atoms with Gasteiger partial charge >= 0.3 is 0 Å². The van der Waals surface area contributed by atoms with Gasteiger partial charge in [0.25, 0.3) is 0 Å². The number of rotatable bonds is 3. The van der Waals surface area contributed by atoms with Gasteiger partial charge in [-0.3, -0.25) is 0 Å². The molecular weight excluding hydrogens is 230 g/mol. The summed E-state index contributed by atoms with van der Waals surface area (Å²) in [6.07, 6.45) is 0. The molecule has 0 bridgehead atoms. The second kappa shape index (κ2) is 4.69. The molecule has 1 aliphatic rings. The fourth-order valence-electron chi connectivity index (χ4n) is 1.97. The standard InChI is InChI=1S/C14H21NO3/c1-10-7-12-13(18-6-5-17-12)8-11(10)15(4)14(2,3)9-16/h7-8,16H,5-6,9H2,1-4H3. The Morgan fingerprint density at radius 2 is 1.78 bits per heavy atom. The van der Waals surface area contributed by atoms with Gasteiger partial charge in [0.05, 0.1) is 12.1 Å². The van der Waals surface area contributed by atoms with Crippen molar-refractivity contribution in [3.63, 3.8) is 0 Å². The summed E-state index contributed by atoms with van der Waals surface area (Å²) in [5.74, 6) is 1.58. The highest BCUT2D eigenvalue weighted by Crippen LogP contribution is 2.38. The lowest BCUT2D eigenvalue weighted by molar-refractivity contribution is 0.171. The van der Waals surface area contributed by atoms with Crippen molar-refractivity contribution in [2.75, 3.05) is 31.8 Å². The highest BCUT2D eigenvalue weighted by Gasteiger charge is 2.25. The van der Waals surface area contributed by atoms with E-state index in [0.29, 0.717) is 13.2 Å². The average molecular weight is 251 g/mol. The first-order valence-corrected chi connectivity index (χ1v) is 6.20. The highest BCUT2D eigenvalue weighted by atomic mass is 16.6. The van der Waals surface area contributed by atoms with Gasteiger partial charge in [0.15, 0.2) is 11.5 Å². The second-order valence-corrected chi connectivity index (χ2v) is 5.31. The number of anilines is 1. The predicted molar refractivity (Wildman–Crippen MR) is 71.7 cm³/mol. The SMILES string of the molecule is Cc1cc2c(cc1N(C)C(C)(C)CO)OCCO2. The Morgan fingerprint density at radius 1 is 1.22 bits per heavy atom. The molecule has 0 spiro atoms. The van der Waals surface area contributed by atoms with Crippen LogP contribution >= 0.6 is 0 Å². The van der Waals surface area contributed by atoms with Crippen LogP contribution in [0.1, 0.15) is 19.4 Å². The van der Waals surface area contributed by atoms with Crippen LogP contribution < -0.4 is 14.4 Å². The molecule has 1 aromatic rings. The van der Waals surface area contributed by atoms with Crippen molar-refractivity contribution in [3.8, 4) is 11.5 Å². The van der Waals surface area contributed by atoms with Gasteiger partial charge in [0.2, 0.25) is 0 Å². The van der Waals surface area contributed by atoms with Crippen molar-refractivity contribution >= 4 is 5.69 Å². The molecule has 1 heterocycles. The quantitative estimate of drug-likeness (QED) is 0.892. The van der Waals surface area contributed by atoms with E-state index in [-0.39, 0.29) is 12.1 Å². The van der Waals surface area contributed by atoms with Crippen molar-refractivity contribution in [3.05, 3.63) is 17.7 Å². The molecule has 4 nitrogen and oxygen atoms in total. The molecule has 1 aromatic carbocycles. The Hall–Kier alpha value is -1.42. The molecular formula is C14H21NO3. The number of benzene rings is 1. The molecule has 0 aromatic heterocycles. The third kappa shape index (κ3) is 2.25. The van der Waals surface area contributed by atoms with Crippen molar-refractivity contribution in [2.45, 2.75) is 26.3 Å². The molecule has 18 heavy (non-hydrogen) atoms. The van der Waals surface area contributed by atoms with Gasteiger partial charge in [-0.05, 0) is 32.4 Å². The van der Waals surface area contributed by atoms with Crippen LogP contribution in [0.5, 0.6) is 11.5 Å². The van der Waals surface area contributed by atoms with Crippen LogP contribution in [0.2, 0.25) is 0 Å². The van der Waals surface area contributed by atoms with E-state index in [4.69, 9.17) is 9.47 Å². The Kier molecular flexibility index (Phi) is 3.39. The van der Waals surface area contributed by atoms with E-state index < -0.39 is 0 Å². The molecule has 0 fully saturated rings. The number of aliphatic hydroxyl groups excluding tert-OH is 1. The van der Waals surface area contributed by atoms with Gasteiger partial charge < -0.3 is 19.5 Å². The summed E-state index contributed by atoms with van der Waals surface area (Å²) in [6, 6.07) is 3.98. The monoisotopic (exact) mass is 251 g/mol. The van der Waals surface area contributed by atoms with Gasteiger partial charge in [-0.1, -0.05) is 0 Å². The Balaban J connectivity index is 2.39. The first-order valence-electron chi connectivity index (χ1n) is 6.20. The van der Waals surface area contributed by atoms with Crippen LogP contribution in [-0.2, 0) is 0 Å². The molecule has 0 saturated carbocycles. The third-order valence-electron chi connectivity index (χ3n) is 3.52. The fraction of sp³-hybridized carbons (Fsp3) is 0.571. The molecule has 100 valence electrons. The summed E-state index contributed by atoms with van der Waals surface area (Å²) >= 11 is 0. The van der Waals surface area contributed by atoms with Crippen molar-refractivity contribution in [2.24, 2.45) is 0 Å². The van der Waals surface area contributed by atoms with Crippen LogP contribution in [0, 0.1) is 6.92 Å². The molecule has 0 amide bonds. The van der Waals surface area contributed by atoms with E-state index >= 15 is 0 Å². The molecule has 0 aliphatic carbocycles. The normalized spacial score (nSPS) is 14.5. The zero-order valence-electron chi connectivity index (χ0n) is 11.5. The maximum Gasteiger partial charge on any atom is 0.163 e. The largest absolute Gasteiger partial charge is 0.486 e. The molecule has 4 heteroatoms. The average Bonchev–Trinajstić information content (AvgIpc) is 2.37. The maximum atomic E-state index is 9.46. The Bertz CT molecular complexity index is 443. The number of aryl methyl sites for hydroxylation is 1. The number of fused-ring (bicyclic) bond motifs is 1. The lowest BCUT2D eigenvalue weighted by atomic mass is 10.0. The van der Waals surface area contributed by atoms with Crippen LogP contribution in [0.25, 0.3) is 0 Å². The fourth-order valence-corrected chi connectivity index (χ4v) is 1.97. The van der Waals surface area contributed by atoms with Crippen molar-refractivity contribution < 1.29 is 14.6 Å². The molecule has 2 rings (SSSR count). The van der Waals surface area contributed by atoms with E-state index in [1.165, 1.54) is 0 Å². The van der Waals surface area contributed by atoms with Crippen LogP contribution in [-0.4, -0.2) is 37.5 Å². The summed E-state index contributed by atoms with van der Waals surface area (Å²) < 4.78 is 11.2. The first-order chi connectivity index (χ1) is 8.45. The number of ether oxygens (including phenoxy) is 2. The number of aliphatic hydroxyl groups is 1. The summed E-state index contributed by atoms with van der Waals surface area (Å²) in [4.78, 5) is 2.07. The molecule has 0 saturated heterocycles. The van der Waals surface area contributed by atoms with Gasteiger partial charge in [0, 0.05) is 18.8 Å². The van der Waals surface area contributed by atoms with Crippen LogP contribution in [0.3, 0.4) is 0 Å². The minimum atomic E-state index is -0.311. The highest BCUT2D eigenvalue weighted by molar-refractivity contribution is 5.62. The van der Waals surface area contributed by atoms with Crippen molar-refractivity contribution in [1.82, 2.24) is 0 Å². The van der Waals surface area contributed by atoms with Gasteiger partial charge in [-0.15, -0.1) is 0 Å². The second-order valence-electron chi connectivity index (χ2n) is 5.31. The number of hydrogen-bond acceptors (Lipinski definition) is 4. The Morgan fingerprint density at radius 3 is 2.33 bits per heavy atom. The van der Waals surface area contributed by atoms with Gasteiger partial charge in [0.1, 0.15) is 13.2 Å². The van der Waals surface area contributed by atoms with Gasteiger partial charge in [-0.2, -0.15) is 0 Å². The lowest BCUT2D eigenvalue weighted by Gasteiger charge is -2.37. The molecule has 1 N–H and O–H groups in total.